The van der Waals surface area contributed by atoms with E-state index < -0.39 is 6.04 Å². The number of rotatable bonds is 8. The summed E-state index contributed by atoms with van der Waals surface area (Å²) >= 11 is 3.48. The van der Waals surface area contributed by atoms with Gasteiger partial charge in [-0.2, -0.15) is 0 Å². The fourth-order valence-electron chi connectivity index (χ4n) is 4.27. The summed E-state index contributed by atoms with van der Waals surface area (Å²) in [6.45, 7) is 5.20. The molecule has 1 heterocycles. The Morgan fingerprint density at radius 2 is 1.72 bits per heavy atom. The summed E-state index contributed by atoms with van der Waals surface area (Å²) in [6.07, 6.45) is 0.911. The van der Waals surface area contributed by atoms with Gasteiger partial charge in [0.25, 0.3) is 11.5 Å². The Balaban J connectivity index is 1.89. The molecule has 0 saturated carbocycles. The van der Waals surface area contributed by atoms with Crippen molar-refractivity contribution in [2.75, 3.05) is 27.2 Å². The number of carbonyl (C=O) groups excluding carboxylic acids is 1. The molecule has 3 aromatic carbocycles. The van der Waals surface area contributed by atoms with Crippen LogP contribution in [-0.2, 0) is 6.42 Å². The SMILES string of the molecule is CCc1ccc(-n2c(C(C)N(CCN(C)C)C(=O)c3cccc(Br)c3)nc3ccccc3c2=O)cc1. The molecule has 0 aliphatic carbocycles. The lowest BCUT2D eigenvalue weighted by molar-refractivity contribution is 0.0667. The van der Waals surface area contributed by atoms with E-state index in [0.717, 1.165) is 16.6 Å². The third-order valence-corrected chi connectivity index (χ3v) is 6.86. The van der Waals surface area contributed by atoms with Crippen LogP contribution in [0.25, 0.3) is 16.6 Å². The van der Waals surface area contributed by atoms with E-state index in [-0.39, 0.29) is 11.5 Å². The second-order valence-corrected chi connectivity index (χ2v) is 10.1. The van der Waals surface area contributed by atoms with Crippen LogP contribution in [0.15, 0.2) is 82.1 Å². The monoisotopic (exact) mass is 546 g/mol. The van der Waals surface area contributed by atoms with Crippen LogP contribution in [0.1, 0.15) is 41.6 Å². The van der Waals surface area contributed by atoms with Crippen molar-refractivity contribution < 1.29 is 4.79 Å². The van der Waals surface area contributed by atoms with Gasteiger partial charge < -0.3 is 9.80 Å². The number of aromatic nitrogens is 2. The zero-order valence-corrected chi connectivity index (χ0v) is 22.7. The van der Waals surface area contributed by atoms with Gasteiger partial charge in [0.1, 0.15) is 5.82 Å². The summed E-state index contributed by atoms with van der Waals surface area (Å²) in [6, 6.07) is 22.3. The minimum atomic E-state index is -0.459. The fraction of sp³-hybridized carbons (Fsp3) is 0.276. The van der Waals surface area contributed by atoms with Gasteiger partial charge in [-0.05, 0) is 75.5 Å². The second-order valence-electron chi connectivity index (χ2n) is 9.14. The number of halogens is 1. The number of hydrogen-bond donors (Lipinski definition) is 0. The summed E-state index contributed by atoms with van der Waals surface area (Å²) in [4.78, 5) is 36.3. The lowest BCUT2D eigenvalue weighted by atomic mass is 10.1. The van der Waals surface area contributed by atoms with Crippen molar-refractivity contribution in [1.82, 2.24) is 19.4 Å². The third kappa shape index (κ3) is 5.42. The first-order valence-electron chi connectivity index (χ1n) is 12.1. The van der Waals surface area contributed by atoms with Crippen LogP contribution in [0.2, 0.25) is 0 Å². The van der Waals surface area contributed by atoms with Crippen molar-refractivity contribution in [2.24, 2.45) is 0 Å². The normalized spacial score (nSPS) is 12.2. The molecular formula is C29H31BrN4O2. The number of para-hydroxylation sites is 1. The van der Waals surface area contributed by atoms with Crippen LogP contribution in [0, 0.1) is 0 Å². The molecule has 0 aliphatic rings. The van der Waals surface area contributed by atoms with E-state index in [1.807, 2.05) is 92.6 Å². The Morgan fingerprint density at radius 3 is 2.39 bits per heavy atom. The lowest BCUT2D eigenvalue weighted by Crippen LogP contribution is -2.41. The van der Waals surface area contributed by atoms with Gasteiger partial charge in [-0.15, -0.1) is 0 Å². The van der Waals surface area contributed by atoms with Crippen molar-refractivity contribution >= 4 is 32.7 Å². The molecule has 4 rings (SSSR count). The predicted octanol–water partition coefficient (Wildman–Crippen LogP) is 5.48. The molecule has 36 heavy (non-hydrogen) atoms. The molecule has 6 nitrogen and oxygen atoms in total. The third-order valence-electron chi connectivity index (χ3n) is 6.37. The van der Waals surface area contributed by atoms with E-state index in [1.165, 1.54) is 5.56 Å². The second kappa shape index (κ2) is 11.2. The number of nitrogens with zero attached hydrogens (tertiary/aromatic N) is 4. The van der Waals surface area contributed by atoms with Gasteiger partial charge in [0.2, 0.25) is 0 Å². The minimum absolute atomic E-state index is 0.110. The number of fused-ring (bicyclic) bond motifs is 1. The fourth-order valence-corrected chi connectivity index (χ4v) is 4.67. The summed E-state index contributed by atoms with van der Waals surface area (Å²) in [5.74, 6) is 0.422. The summed E-state index contributed by atoms with van der Waals surface area (Å²) < 4.78 is 2.49. The molecule has 0 saturated heterocycles. The number of aryl methyl sites for hydroxylation is 1. The van der Waals surface area contributed by atoms with E-state index >= 15 is 0 Å². The van der Waals surface area contributed by atoms with Crippen LogP contribution < -0.4 is 5.56 Å². The number of benzene rings is 3. The van der Waals surface area contributed by atoms with Gasteiger partial charge in [0.05, 0.1) is 22.6 Å². The van der Waals surface area contributed by atoms with E-state index in [0.29, 0.717) is 35.4 Å². The molecule has 1 aromatic heterocycles. The van der Waals surface area contributed by atoms with Crippen molar-refractivity contribution in [3.63, 3.8) is 0 Å². The molecule has 0 N–H and O–H groups in total. The Kier molecular flexibility index (Phi) is 8.01. The molecule has 0 radical (unpaired) electrons. The molecule has 0 bridgehead atoms. The van der Waals surface area contributed by atoms with Gasteiger partial charge in [0, 0.05) is 23.1 Å². The van der Waals surface area contributed by atoms with Crippen molar-refractivity contribution in [1.29, 1.82) is 0 Å². The highest BCUT2D eigenvalue weighted by molar-refractivity contribution is 9.10. The molecule has 0 aliphatic heterocycles. The standard InChI is InChI=1S/C29H31BrN4O2/c1-5-21-13-15-24(16-14-21)34-27(31-26-12-7-6-11-25(26)29(34)36)20(2)33(18-17-32(3)4)28(35)22-9-8-10-23(30)19-22/h6-16,19-20H,5,17-18H2,1-4H3. The average molecular weight is 547 g/mol. The smallest absolute Gasteiger partial charge is 0.266 e. The van der Waals surface area contributed by atoms with Crippen LogP contribution in [0.3, 0.4) is 0 Å². The highest BCUT2D eigenvalue weighted by Crippen LogP contribution is 2.25. The van der Waals surface area contributed by atoms with Gasteiger partial charge >= 0.3 is 0 Å². The van der Waals surface area contributed by atoms with Crippen molar-refractivity contribution in [3.05, 3.63) is 105 Å². The highest BCUT2D eigenvalue weighted by Gasteiger charge is 2.28. The van der Waals surface area contributed by atoms with Crippen LogP contribution in [0.5, 0.6) is 0 Å². The van der Waals surface area contributed by atoms with E-state index in [4.69, 9.17) is 4.98 Å². The van der Waals surface area contributed by atoms with E-state index in [9.17, 15) is 9.59 Å². The van der Waals surface area contributed by atoms with E-state index in [2.05, 4.69) is 22.9 Å². The number of likely N-dealkylation sites (N-methyl/N-ethyl adjacent to an activating group) is 1. The Labute approximate surface area is 220 Å². The molecule has 0 fully saturated rings. The van der Waals surface area contributed by atoms with Gasteiger partial charge in [-0.1, -0.05) is 53.2 Å². The molecule has 7 heteroatoms. The molecule has 1 amide bonds. The van der Waals surface area contributed by atoms with Crippen LogP contribution in [0.4, 0.5) is 0 Å². The minimum Gasteiger partial charge on any atom is -0.327 e. The number of carbonyl (C=O) groups is 1. The summed E-state index contributed by atoms with van der Waals surface area (Å²) in [7, 11) is 3.96. The Bertz CT molecular complexity index is 1430. The first-order chi connectivity index (χ1) is 17.3. The molecule has 4 aromatic rings. The average Bonchev–Trinajstić information content (AvgIpc) is 2.88. The maximum atomic E-state index is 13.8. The van der Waals surface area contributed by atoms with Gasteiger partial charge in [-0.3, -0.25) is 14.2 Å². The number of hydrogen-bond acceptors (Lipinski definition) is 4. The Morgan fingerprint density at radius 1 is 1.00 bits per heavy atom. The molecule has 0 spiro atoms. The quantitative estimate of drug-likeness (QED) is 0.294. The largest absolute Gasteiger partial charge is 0.327 e. The zero-order chi connectivity index (χ0) is 25.8. The van der Waals surface area contributed by atoms with Crippen LogP contribution in [-0.4, -0.2) is 52.4 Å². The molecular weight excluding hydrogens is 516 g/mol. The zero-order valence-electron chi connectivity index (χ0n) is 21.1. The number of amides is 1. The maximum Gasteiger partial charge on any atom is 0.266 e. The lowest BCUT2D eigenvalue weighted by Gasteiger charge is -2.31. The predicted molar refractivity (Wildman–Crippen MR) is 149 cm³/mol. The Hall–Kier alpha value is -3.29. The first kappa shape index (κ1) is 25.8. The van der Waals surface area contributed by atoms with Crippen LogP contribution >= 0.6 is 15.9 Å². The molecule has 1 atom stereocenters. The van der Waals surface area contributed by atoms with Crippen molar-refractivity contribution in [3.8, 4) is 5.69 Å². The van der Waals surface area contributed by atoms with E-state index in [1.54, 1.807) is 15.5 Å². The van der Waals surface area contributed by atoms with Gasteiger partial charge in [0.15, 0.2) is 0 Å². The summed E-state index contributed by atoms with van der Waals surface area (Å²) in [5, 5.41) is 0.547. The first-order valence-corrected chi connectivity index (χ1v) is 12.9. The summed E-state index contributed by atoms with van der Waals surface area (Å²) in [5.41, 5.74) is 2.98. The molecule has 1 unspecified atom stereocenters. The molecule has 186 valence electrons. The highest BCUT2D eigenvalue weighted by atomic mass is 79.9. The van der Waals surface area contributed by atoms with Gasteiger partial charge in [-0.25, -0.2) is 4.98 Å². The van der Waals surface area contributed by atoms with Crippen molar-refractivity contribution in [2.45, 2.75) is 26.3 Å². The topological polar surface area (TPSA) is 58.4 Å². The maximum absolute atomic E-state index is 13.8.